The quantitative estimate of drug-likeness (QED) is 0.816. The molecule has 2 unspecified atom stereocenters. The van der Waals surface area contributed by atoms with Gasteiger partial charge in [0.25, 0.3) is 0 Å². The number of nitrogens with two attached hydrogens (primary N) is 1. The van der Waals surface area contributed by atoms with Crippen molar-refractivity contribution >= 4 is 11.6 Å². The summed E-state index contributed by atoms with van der Waals surface area (Å²) in [6.45, 7) is 0. The van der Waals surface area contributed by atoms with Gasteiger partial charge in [0.05, 0.1) is 5.02 Å². The highest BCUT2D eigenvalue weighted by Crippen LogP contribution is 2.22. The molecule has 4 heteroatoms. The minimum absolute atomic E-state index is 0.221. The van der Waals surface area contributed by atoms with Gasteiger partial charge in [-0.25, -0.2) is 4.98 Å². The number of rotatable bonds is 2. The van der Waals surface area contributed by atoms with E-state index in [0.29, 0.717) is 10.9 Å². The third kappa shape index (κ3) is 2.36. The monoisotopic (exact) mass is 212 g/mol. The number of hydrogen-bond donors (Lipinski definition) is 1. The fourth-order valence-electron chi connectivity index (χ4n) is 1.68. The summed E-state index contributed by atoms with van der Waals surface area (Å²) in [7, 11) is 0. The van der Waals surface area contributed by atoms with Crippen LogP contribution in [0.1, 0.15) is 19.3 Å². The molecule has 2 N–H and O–H groups in total. The van der Waals surface area contributed by atoms with E-state index in [0.717, 1.165) is 19.3 Å². The maximum absolute atomic E-state index is 5.78. The molecule has 3 nitrogen and oxygen atoms in total. The largest absolute Gasteiger partial charge is 0.474 e. The molecule has 0 spiro atoms. The predicted molar refractivity (Wildman–Crippen MR) is 55.5 cm³/mol. The Hall–Kier alpha value is -0.800. The van der Waals surface area contributed by atoms with Crippen molar-refractivity contribution in [3.63, 3.8) is 0 Å². The summed E-state index contributed by atoms with van der Waals surface area (Å²) in [6, 6.07) is 3.84. The van der Waals surface area contributed by atoms with Crippen molar-refractivity contribution in [2.24, 2.45) is 5.73 Å². The summed E-state index contributed by atoms with van der Waals surface area (Å²) in [6.07, 6.45) is 4.79. The molecular formula is C10H13ClN2O. The SMILES string of the molecule is NC1CCC(Oc2ccc(Cl)cn2)C1. The standard InChI is InChI=1S/C10H13ClN2O/c11-7-1-4-10(13-6-7)14-9-3-2-8(12)5-9/h1,4,6,8-9H,2-3,5,12H2. The molecule has 0 saturated heterocycles. The lowest BCUT2D eigenvalue weighted by Gasteiger charge is -2.11. The van der Waals surface area contributed by atoms with Crippen molar-refractivity contribution in [1.82, 2.24) is 4.98 Å². The fraction of sp³-hybridized carbons (Fsp3) is 0.500. The third-order valence-electron chi connectivity index (χ3n) is 2.41. The van der Waals surface area contributed by atoms with Gasteiger partial charge in [-0.3, -0.25) is 0 Å². The van der Waals surface area contributed by atoms with Gasteiger partial charge in [-0.1, -0.05) is 11.6 Å². The third-order valence-corrected chi connectivity index (χ3v) is 2.64. The van der Waals surface area contributed by atoms with Crippen LogP contribution in [0.2, 0.25) is 5.02 Å². The molecule has 14 heavy (non-hydrogen) atoms. The second-order valence-corrected chi connectivity index (χ2v) is 4.06. The Morgan fingerprint density at radius 3 is 2.86 bits per heavy atom. The van der Waals surface area contributed by atoms with Crippen LogP contribution in [0, 0.1) is 0 Å². The molecule has 76 valence electrons. The van der Waals surface area contributed by atoms with Crippen LogP contribution in [0.25, 0.3) is 0 Å². The molecule has 1 aliphatic rings. The average molecular weight is 213 g/mol. The van der Waals surface area contributed by atoms with E-state index in [4.69, 9.17) is 22.1 Å². The lowest BCUT2D eigenvalue weighted by molar-refractivity contribution is 0.200. The van der Waals surface area contributed by atoms with Gasteiger partial charge in [-0.15, -0.1) is 0 Å². The first-order valence-electron chi connectivity index (χ1n) is 4.78. The van der Waals surface area contributed by atoms with Crippen LogP contribution in [0.3, 0.4) is 0 Å². The molecule has 1 aliphatic carbocycles. The number of ether oxygens (including phenoxy) is 1. The molecule has 1 fully saturated rings. The van der Waals surface area contributed by atoms with Crippen molar-refractivity contribution < 1.29 is 4.74 Å². The summed E-state index contributed by atoms with van der Waals surface area (Å²) in [5.41, 5.74) is 5.78. The van der Waals surface area contributed by atoms with Gasteiger partial charge in [-0.05, 0) is 25.3 Å². The van der Waals surface area contributed by atoms with Crippen LogP contribution in [0.15, 0.2) is 18.3 Å². The predicted octanol–water partition coefficient (Wildman–Crippen LogP) is 1.99. The molecule has 1 heterocycles. The highest BCUT2D eigenvalue weighted by Gasteiger charge is 2.23. The highest BCUT2D eigenvalue weighted by atomic mass is 35.5. The lowest BCUT2D eigenvalue weighted by Crippen LogP contribution is -2.19. The Bertz CT molecular complexity index is 301. The van der Waals surface area contributed by atoms with Gasteiger partial charge in [-0.2, -0.15) is 0 Å². The van der Waals surface area contributed by atoms with E-state index >= 15 is 0 Å². The Morgan fingerprint density at radius 2 is 2.29 bits per heavy atom. The topological polar surface area (TPSA) is 48.1 Å². The van der Waals surface area contributed by atoms with Gasteiger partial charge < -0.3 is 10.5 Å². The first-order chi connectivity index (χ1) is 6.74. The molecule has 1 saturated carbocycles. The maximum atomic E-state index is 5.78. The number of halogens is 1. The minimum atomic E-state index is 0.221. The Labute approximate surface area is 88.2 Å². The molecule has 0 aromatic carbocycles. The molecule has 0 aliphatic heterocycles. The second-order valence-electron chi connectivity index (χ2n) is 3.63. The van der Waals surface area contributed by atoms with Crippen molar-refractivity contribution in [2.75, 3.05) is 0 Å². The van der Waals surface area contributed by atoms with Gasteiger partial charge in [0, 0.05) is 18.3 Å². The van der Waals surface area contributed by atoms with E-state index in [1.807, 2.05) is 0 Å². The zero-order valence-electron chi connectivity index (χ0n) is 7.82. The van der Waals surface area contributed by atoms with E-state index < -0.39 is 0 Å². The Morgan fingerprint density at radius 1 is 1.43 bits per heavy atom. The first kappa shape index (κ1) is 9.74. The number of aromatic nitrogens is 1. The second kappa shape index (κ2) is 4.15. The Balaban J connectivity index is 1.94. The summed E-state index contributed by atoms with van der Waals surface area (Å²) >= 11 is 5.71. The molecule has 1 aromatic heterocycles. The first-order valence-corrected chi connectivity index (χ1v) is 5.15. The summed E-state index contributed by atoms with van der Waals surface area (Å²) in [5, 5.41) is 0.625. The number of nitrogens with zero attached hydrogens (tertiary/aromatic N) is 1. The van der Waals surface area contributed by atoms with Crippen LogP contribution < -0.4 is 10.5 Å². The Kier molecular flexibility index (Phi) is 2.89. The van der Waals surface area contributed by atoms with Crippen LogP contribution in [0.5, 0.6) is 5.88 Å². The normalized spacial score (nSPS) is 26.4. The molecular weight excluding hydrogens is 200 g/mol. The molecule has 2 atom stereocenters. The molecule has 0 radical (unpaired) electrons. The van der Waals surface area contributed by atoms with Crippen molar-refractivity contribution in [3.8, 4) is 5.88 Å². The maximum Gasteiger partial charge on any atom is 0.213 e. The van der Waals surface area contributed by atoms with E-state index in [9.17, 15) is 0 Å². The molecule has 2 rings (SSSR count). The molecule has 0 amide bonds. The van der Waals surface area contributed by atoms with Gasteiger partial charge in [0.1, 0.15) is 6.10 Å². The van der Waals surface area contributed by atoms with Crippen molar-refractivity contribution in [1.29, 1.82) is 0 Å². The van der Waals surface area contributed by atoms with Crippen molar-refractivity contribution in [2.45, 2.75) is 31.4 Å². The van der Waals surface area contributed by atoms with E-state index in [1.165, 1.54) is 0 Å². The van der Waals surface area contributed by atoms with Crippen LogP contribution >= 0.6 is 11.6 Å². The van der Waals surface area contributed by atoms with E-state index in [1.54, 1.807) is 18.3 Å². The van der Waals surface area contributed by atoms with E-state index in [-0.39, 0.29) is 12.1 Å². The highest BCUT2D eigenvalue weighted by molar-refractivity contribution is 6.30. The summed E-state index contributed by atoms with van der Waals surface area (Å²) < 4.78 is 5.65. The average Bonchev–Trinajstić information content (AvgIpc) is 2.56. The minimum Gasteiger partial charge on any atom is -0.474 e. The fourth-order valence-corrected chi connectivity index (χ4v) is 1.79. The summed E-state index contributed by atoms with van der Waals surface area (Å²) in [5.74, 6) is 0.633. The summed E-state index contributed by atoms with van der Waals surface area (Å²) in [4.78, 5) is 4.07. The van der Waals surface area contributed by atoms with Crippen LogP contribution in [-0.2, 0) is 0 Å². The lowest BCUT2D eigenvalue weighted by atomic mass is 10.3. The smallest absolute Gasteiger partial charge is 0.213 e. The number of pyridine rings is 1. The van der Waals surface area contributed by atoms with Crippen molar-refractivity contribution in [3.05, 3.63) is 23.4 Å². The number of hydrogen-bond acceptors (Lipinski definition) is 3. The molecule has 0 bridgehead atoms. The molecule has 1 aromatic rings. The van der Waals surface area contributed by atoms with Crippen LogP contribution in [0.4, 0.5) is 0 Å². The van der Waals surface area contributed by atoms with Gasteiger partial charge in [0.2, 0.25) is 5.88 Å². The zero-order valence-corrected chi connectivity index (χ0v) is 8.57. The van der Waals surface area contributed by atoms with Gasteiger partial charge in [0.15, 0.2) is 0 Å². The van der Waals surface area contributed by atoms with Gasteiger partial charge >= 0.3 is 0 Å². The van der Waals surface area contributed by atoms with Crippen LogP contribution in [-0.4, -0.2) is 17.1 Å². The van der Waals surface area contributed by atoms with E-state index in [2.05, 4.69) is 4.98 Å². The zero-order chi connectivity index (χ0) is 9.97.